The van der Waals surface area contributed by atoms with Crippen LogP contribution in [-0.2, 0) is 4.74 Å². The number of nitrogens with one attached hydrogen (secondary N) is 1. The molecule has 1 amide bonds. The van der Waals surface area contributed by atoms with Gasteiger partial charge in [0, 0.05) is 6.04 Å². The highest BCUT2D eigenvalue weighted by atomic mass is 35.5. The molecule has 0 bridgehead atoms. The number of alkyl carbamates (subject to hydrolysis) is 1. The van der Waals surface area contributed by atoms with Gasteiger partial charge in [-0.15, -0.1) is 0 Å². The van der Waals surface area contributed by atoms with E-state index < -0.39 is 6.09 Å². The molecule has 82 valence electrons. The molecule has 1 atom stereocenters. The first-order chi connectivity index (χ1) is 6.74. The molecular weight excluding hydrogens is 202 g/mol. The fourth-order valence-corrected chi connectivity index (χ4v) is 2.13. The Balaban J connectivity index is 2.25. The van der Waals surface area contributed by atoms with Crippen molar-refractivity contribution in [1.82, 2.24) is 5.32 Å². The zero-order valence-corrected chi connectivity index (χ0v) is 9.35. The van der Waals surface area contributed by atoms with E-state index in [0.29, 0.717) is 5.92 Å². The van der Waals surface area contributed by atoms with E-state index in [4.69, 9.17) is 11.6 Å². The lowest BCUT2D eigenvalue weighted by Gasteiger charge is -2.27. The second-order valence-electron chi connectivity index (χ2n) is 3.87. The number of amides is 1. The molecule has 0 radical (unpaired) electrons. The van der Waals surface area contributed by atoms with Gasteiger partial charge >= 0.3 is 6.09 Å². The number of rotatable bonds is 3. The minimum Gasteiger partial charge on any atom is -0.433 e. The van der Waals surface area contributed by atoms with Crippen molar-refractivity contribution in [2.75, 3.05) is 6.07 Å². The summed E-state index contributed by atoms with van der Waals surface area (Å²) in [6.45, 7) is 2.03. The highest BCUT2D eigenvalue weighted by molar-refractivity contribution is 6.17. The van der Waals surface area contributed by atoms with Crippen LogP contribution in [0.5, 0.6) is 0 Å². The molecule has 0 aromatic rings. The number of ether oxygens (including phenoxy) is 1. The van der Waals surface area contributed by atoms with E-state index >= 15 is 0 Å². The molecule has 0 aliphatic heterocycles. The minimum atomic E-state index is -0.405. The molecule has 1 fully saturated rings. The van der Waals surface area contributed by atoms with Crippen LogP contribution in [0.25, 0.3) is 0 Å². The van der Waals surface area contributed by atoms with Gasteiger partial charge in [-0.25, -0.2) is 4.79 Å². The average Bonchev–Trinajstić information content (AvgIpc) is 2.19. The van der Waals surface area contributed by atoms with E-state index in [0.717, 1.165) is 0 Å². The Morgan fingerprint density at radius 1 is 1.50 bits per heavy atom. The maximum absolute atomic E-state index is 11.1. The molecule has 4 heteroatoms. The molecule has 1 aliphatic rings. The molecule has 1 N–H and O–H groups in total. The van der Waals surface area contributed by atoms with Crippen LogP contribution in [0, 0.1) is 5.92 Å². The Kier molecular flexibility index (Phi) is 5.09. The van der Waals surface area contributed by atoms with Gasteiger partial charge in [-0.3, -0.25) is 0 Å². The van der Waals surface area contributed by atoms with Crippen LogP contribution in [0.15, 0.2) is 0 Å². The predicted molar refractivity (Wildman–Crippen MR) is 56.4 cm³/mol. The standard InChI is InChI=1S/C10H18ClNO2/c1-8(12-10(13)14-7-11)9-5-3-2-4-6-9/h8-9H,2-7H2,1H3,(H,12,13). The largest absolute Gasteiger partial charge is 0.433 e. The highest BCUT2D eigenvalue weighted by Gasteiger charge is 2.21. The summed E-state index contributed by atoms with van der Waals surface area (Å²) in [6, 6.07) is 0.120. The molecule has 1 rings (SSSR count). The lowest BCUT2D eigenvalue weighted by atomic mass is 9.85. The Morgan fingerprint density at radius 2 is 2.14 bits per heavy atom. The summed E-state index contributed by atoms with van der Waals surface area (Å²) in [5.74, 6) is 0.603. The van der Waals surface area contributed by atoms with E-state index in [2.05, 4.69) is 10.1 Å². The molecule has 0 saturated heterocycles. The van der Waals surface area contributed by atoms with Crippen LogP contribution < -0.4 is 5.32 Å². The molecular formula is C10H18ClNO2. The van der Waals surface area contributed by atoms with Crippen molar-refractivity contribution in [2.24, 2.45) is 5.92 Å². The maximum atomic E-state index is 11.1. The number of carbonyl (C=O) groups is 1. The van der Waals surface area contributed by atoms with Gasteiger partial charge in [-0.1, -0.05) is 30.9 Å². The quantitative estimate of drug-likeness (QED) is 0.742. The van der Waals surface area contributed by atoms with Crippen molar-refractivity contribution in [2.45, 2.75) is 45.1 Å². The van der Waals surface area contributed by atoms with Crippen LogP contribution in [0.4, 0.5) is 4.79 Å². The third-order valence-corrected chi connectivity index (χ3v) is 3.00. The molecule has 1 saturated carbocycles. The van der Waals surface area contributed by atoms with Crippen molar-refractivity contribution >= 4 is 17.7 Å². The first-order valence-electron chi connectivity index (χ1n) is 5.23. The Bertz CT molecular complexity index is 181. The Labute approximate surface area is 90.1 Å². The molecule has 14 heavy (non-hydrogen) atoms. The lowest BCUT2D eigenvalue weighted by Crippen LogP contribution is -2.39. The van der Waals surface area contributed by atoms with Crippen molar-refractivity contribution in [3.05, 3.63) is 0 Å². The van der Waals surface area contributed by atoms with E-state index in [1.54, 1.807) is 0 Å². The monoisotopic (exact) mass is 219 g/mol. The van der Waals surface area contributed by atoms with Gasteiger partial charge in [0.1, 0.15) is 0 Å². The highest BCUT2D eigenvalue weighted by Crippen LogP contribution is 2.26. The molecule has 0 aromatic heterocycles. The topological polar surface area (TPSA) is 38.3 Å². The van der Waals surface area contributed by atoms with E-state index in [-0.39, 0.29) is 12.1 Å². The lowest BCUT2D eigenvalue weighted by molar-refractivity contribution is 0.153. The smallest absolute Gasteiger partial charge is 0.408 e. The molecule has 1 aliphatic carbocycles. The van der Waals surface area contributed by atoms with E-state index in [1.165, 1.54) is 32.1 Å². The maximum Gasteiger partial charge on any atom is 0.408 e. The Morgan fingerprint density at radius 3 is 2.71 bits per heavy atom. The number of carbonyl (C=O) groups excluding carboxylic acids is 1. The van der Waals surface area contributed by atoms with Gasteiger partial charge in [-0.2, -0.15) is 0 Å². The first-order valence-corrected chi connectivity index (χ1v) is 5.76. The van der Waals surface area contributed by atoms with Gasteiger partial charge in [-0.05, 0) is 25.7 Å². The Hall–Kier alpha value is -0.440. The third-order valence-electron chi connectivity index (χ3n) is 2.89. The van der Waals surface area contributed by atoms with Crippen LogP contribution in [-0.4, -0.2) is 18.2 Å². The average molecular weight is 220 g/mol. The molecule has 1 unspecified atom stereocenters. The van der Waals surface area contributed by atoms with Crippen molar-refractivity contribution in [1.29, 1.82) is 0 Å². The van der Waals surface area contributed by atoms with Crippen molar-refractivity contribution in [3.63, 3.8) is 0 Å². The summed E-state index contributed by atoms with van der Waals surface area (Å²) >= 11 is 5.28. The SMILES string of the molecule is CC(NC(=O)OCCl)C1CCCCC1. The summed E-state index contributed by atoms with van der Waals surface area (Å²) in [6.07, 6.45) is 5.90. The van der Waals surface area contributed by atoms with E-state index in [9.17, 15) is 4.79 Å². The first kappa shape index (κ1) is 11.6. The predicted octanol–water partition coefficient (Wildman–Crippen LogP) is 2.88. The minimum absolute atomic E-state index is 0.0801. The second-order valence-corrected chi connectivity index (χ2v) is 4.09. The molecule has 0 spiro atoms. The van der Waals surface area contributed by atoms with Gasteiger partial charge in [0.25, 0.3) is 0 Å². The van der Waals surface area contributed by atoms with Crippen molar-refractivity contribution < 1.29 is 9.53 Å². The summed E-state index contributed by atoms with van der Waals surface area (Å²) in [5.41, 5.74) is 0. The summed E-state index contributed by atoms with van der Waals surface area (Å²) in [7, 11) is 0. The van der Waals surface area contributed by atoms with Gasteiger partial charge in [0.15, 0.2) is 6.07 Å². The number of alkyl halides is 1. The number of hydrogen-bond acceptors (Lipinski definition) is 2. The fourth-order valence-electron chi connectivity index (χ4n) is 2.03. The molecule has 3 nitrogen and oxygen atoms in total. The zero-order valence-electron chi connectivity index (χ0n) is 8.59. The second kappa shape index (κ2) is 6.12. The van der Waals surface area contributed by atoms with Crippen LogP contribution in [0.2, 0.25) is 0 Å². The summed E-state index contributed by atoms with van der Waals surface area (Å²) in [4.78, 5) is 11.1. The van der Waals surface area contributed by atoms with Gasteiger partial charge < -0.3 is 10.1 Å². The number of hydrogen-bond donors (Lipinski definition) is 1. The summed E-state index contributed by atoms with van der Waals surface area (Å²) in [5, 5.41) is 2.80. The molecule has 0 aromatic carbocycles. The summed E-state index contributed by atoms with van der Waals surface area (Å²) < 4.78 is 4.62. The normalized spacial score (nSPS) is 20.1. The molecule has 0 heterocycles. The zero-order chi connectivity index (χ0) is 10.4. The number of halogens is 1. The van der Waals surface area contributed by atoms with Crippen LogP contribution in [0.3, 0.4) is 0 Å². The van der Waals surface area contributed by atoms with E-state index in [1.807, 2.05) is 6.92 Å². The third kappa shape index (κ3) is 3.74. The van der Waals surface area contributed by atoms with Crippen molar-refractivity contribution in [3.8, 4) is 0 Å². The van der Waals surface area contributed by atoms with Gasteiger partial charge in [0.2, 0.25) is 0 Å². The fraction of sp³-hybridized carbons (Fsp3) is 0.900. The van der Waals surface area contributed by atoms with Crippen LogP contribution in [0.1, 0.15) is 39.0 Å². The van der Waals surface area contributed by atoms with Gasteiger partial charge in [0.05, 0.1) is 0 Å². The van der Waals surface area contributed by atoms with Crippen LogP contribution >= 0.6 is 11.6 Å².